The first-order valence-corrected chi connectivity index (χ1v) is 6.17. The van der Waals surface area contributed by atoms with Crippen LogP contribution in [-0.4, -0.2) is 9.97 Å². The summed E-state index contributed by atoms with van der Waals surface area (Å²) in [5.41, 5.74) is 5.21. The molecule has 3 aromatic rings. The number of benzene rings is 1. The maximum Gasteiger partial charge on any atom is 0.153 e. The number of rotatable bonds is 2. The van der Waals surface area contributed by atoms with Gasteiger partial charge in [-0.15, -0.1) is 0 Å². The summed E-state index contributed by atoms with van der Waals surface area (Å²) in [6, 6.07) is 10.0. The van der Waals surface area contributed by atoms with Gasteiger partial charge < -0.3 is 4.42 Å². The molecule has 0 saturated heterocycles. The van der Waals surface area contributed by atoms with Gasteiger partial charge in [0.2, 0.25) is 0 Å². The molecule has 0 radical (unpaired) electrons. The molecule has 3 heteroatoms. The van der Waals surface area contributed by atoms with Crippen molar-refractivity contribution in [3.63, 3.8) is 0 Å². The summed E-state index contributed by atoms with van der Waals surface area (Å²) in [6.45, 7) is 4.20. The van der Waals surface area contributed by atoms with Crippen molar-refractivity contribution in [2.45, 2.75) is 13.8 Å². The van der Waals surface area contributed by atoms with Crippen LogP contribution in [0.5, 0.6) is 0 Å². The Morgan fingerprint density at radius 2 is 1.79 bits per heavy atom. The Kier molecular flexibility index (Phi) is 2.88. The minimum Gasteiger partial charge on any atom is -0.463 e. The Morgan fingerprint density at radius 3 is 2.53 bits per heavy atom. The normalized spacial score (nSPS) is 10.6. The van der Waals surface area contributed by atoms with Crippen molar-refractivity contribution in [2.75, 3.05) is 0 Å². The highest BCUT2D eigenvalue weighted by Crippen LogP contribution is 2.23. The number of furan rings is 1. The van der Waals surface area contributed by atoms with Gasteiger partial charge in [-0.3, -0.25) is 4.98 Å². The van der Waals surface area contributed by atoms with Crippen molar-refractivity contribution < 1.29 is 4.42 Å². The molecular weight excluding hydrogens is 236 g/mol. The Labute approximate surface area is 112 Å². The largest absolute Gasteiger partial charge is 0.463 e. The van der Waals surface area contributed by atoms with Crippen LogP contribution in [0.2, 0.25) is 0 Å². The predicted octanol–water partition coefficient (Wildman–Crippen LogP) is 4.02. The van der Waals surface area contributed by atoms with Crippen LogP contribution in [-0.2, 0) is 0 Å². The monoisotopic (exact) mass is 250 g/mol. The first-order valence-electron chi connectivity index (χ1n) is 6.17. The fourth-order valence-corrected chi connectivity index (χ4v) is 1.95. The molecule has 0 amide bonds. The van der Waals surface area contributed by atoms with Crippen LogP contribution in [0.1, 0.15) is 11.1 Å². The first kappa shape index (κ1) is 11.7. The fraction of sp³-hybridized carbons (Fsp3) is 0.125. The molecular formula is C16H14N2O. The van der Waals surface area contributed by atoms with Gasteiger partial charge in [0.25, 0.3) is 0 Å². The molecule has 0 bridgehead atoms. The molecule has 1 aromatic carbocycles. The maximum absolute atomic E-state index is 5.35. The molecule has 94 valence electrons. The van der Waals surface area contributed by atoms with Crippen molar-refractivity contribution in [1.29, 1.82) is 0 Å². The van der Waals surface area contributed by atoms with E-state index in [-0.39, 0.29) is 0 Å². The zero-order valence-electron chi connectivity index (χ0n) is 10.9. The van der Waals surface area contributed by atoms with E-state index in [1.54, 1.807) is 18.7 Å². The number of nitrogens with zero attached hydrogens (tertiary/aromatic N) is 2. The van der Waals surface area contributed by atoms with E-state index in [2.05, 4.69) is 42.0 Å². The molecule has 3 nitrogen and oxygen atoms in total. The lowest BCUT2D eigenvalue weighted by molar-refractivity contribution is 0.580. The zero-order valence-corrected chi connectivity index (χ0v) is 10.9. The Hall–Kier alpha value is -2.42. The molecule has 2 aromatic heterocycles. The summed E-state index contributed by atoms with van der Waals surface area (Å²) in [5.74, 6) is 0.734. The summed E-state index contributed by atoms with van der Waals surface area (Å²) in [6.07, 6.45) is 5.12. The van der Waals surface area contributed by atoms with Gasteiger partial charge in [-0.05, 0) is 43.2 Å². The first-order chi connectivity index (χ1) is 9.24. The molecule has 0 fully saturated rings. The molecule has 0 aliphatic rings. The van der Waals surface area contributed by atoms with Gasteiger partial charge in [0.05, 0.1) is 24.4 Å². The predicted molar refractivity (Wildman–Crippen MR) is 74.6 cm³/mol. The van der Waals surface area contributed by atoms with Crippen LogP contribution >= 0.6 is 0 Å². The van der Waals surface area contributed by atoms with E-state index >= 15 is 0 Å². The average Bonchev–Trinajstić information content (AvgIpc) is 2.96. The van der Waals surface area contributed by atoms with E-state index < -0.39 is 0 Å². The average molecular weight is 250 g/mol. The molecule has 2 heterocycles. The minimum atomic E-state index is 0.734. The quantitative estimate of drug-likeness (QED) is 0.689. The van der Waals surface area contributed by atoms with Crippen LogP contribution in [0.3, 0.4) is 0 Å². The maximum atomic E-state index is 5.35. The van der Waals surface area contributed by atoms with Gasteiger partial charge in [-0.25, -0.2) is 4.98 Å². The molecule has 19 heavy (non-hydrogen) atoms. The molecule has 0 atom stereocenters. The van der Waals surface area contributed by atoms with E-state index in [4.69, 9.17) is 4.42 Å². The molecule has 0 spiro atoms. The molecule has 0 N–H and O–H groups in total. The Morgan fingerprint density at radius 1 is 0.947 bits per heavy atom. The van der Waals surface area contributed by atoms with Crippen LogP contribution < -0.4 is 0 Å². The second kappa shape index (κ2) is 4.69. The van der Waals surface area contributed by atoms with Crippen LogP contribution in [0.4, 0.5) is 0 Å². The molecule has 0 aliphatic heterocycles. The lowest BCUT2D eigenvalue weighted by Crippen LogP contribution is -1.90. The van der Waals surface area contributed by atoms with Crippen LogP contribution in [0, 0.1) is 13.8 Å². The SMILES string of the molecule is Cc1ccc(-c2cncc(-c3ccco3)n2)cc1C. The summed E-state index contributed by atoms with van der Waals surface area (Å²) >= 11 is 0. The minimum absolute atomic E-state index is 0.734. The fourth-order valence-electron chi connectivity index (χ4n) is 1.95. The number of aromatic nitrogens is 2. The zero-order chi connectivity index (χ0) is 13.2. The van der Waals surface area contributed by atoms with Gasteiger partial charge in [0.1, 0.15) is 5.69 Å². The molecule has 0 saturated carbocycles. The highest BCUT2D eigenvalue weighted by Gasteiger charge is 2.06. The summed E-state index contributed by atoms with van der Waals surface area (Å²) < 4.78 is 5.35. The lowest BCUT2D eigenvalue weighted by Gasteiger charge is -2.05. The van der Waals surface area contributed by atoms with Crippen molar-refractivity contribution in [1.82, 2.24) is 9.97 Å². The Balaban J connectivity index is 2.06. The second-order valence-corrected chi connectivity index (χ2v) is 4.57. The third-order valence-corrected chi connectivity index (χ3v) is 3.21. The highest BCUT2D eigenvalue weighted by atomic mass is 16.3. The number of hydrogen-bond acceptors (Lipinski definition) is 3. The third kappa shape index (κ3) is 2.27. The standard InChI is InChI=1S/C16H14N2O/c1-11-5-6-13(8-12(11)2)14-9-17-10-15(18-14)16-4-3-7-19-16/h3-10H,1-2H3. The van der Waals surface area contributed by atoms with E-state index in [9.17, 15) is 0 Å². The molecule has 0 unspecified atom stereocenters. The van der Waals surface area contributed by atoms with Gasteiger partial charge >= 0.3 is 0 Å². The van der Waals surface area contributed by atoms with Crippen LogP contribution in [0.15, 0.2) is 53.4 Å². The van der Waals surface area contributed by atoms with E-state index in [1.165, 1.54) is 11.1 Å². The highest BCUT2D eigenvalue weighted by molar-refractivity contribution is 5.63. The number of hydrogen-bond donors (Lipinski definition) is 0. The van der Waals surface area contributed by atoms with Gasteiger partial charge in [-0.2, -0.15) is 0 Å². The number of aryl methyl sites for hydroxylation is 2. The molecule has 0 aliphatic carbocycles. The van der Waals surface area contributed by atoms with Gasteiger partial charge in [-0.1, -0.05) is 12.1 Å². The van der Waals surface area contributed by atoms with E-state index in [0.717, 1.165) is 22.7 Å². The van der Waals surface area contributed by atoms with Crippen LogP contribution in [0.25, 0.3) is 22.7 Å². The third-order valence-electron chi connectivity index (χ3n) is 3.21. The summed E-state index contributed by atoms with van der Waals surface area (Å²) in [4.78, 5) is 8.85. The Bertz CT molecular complexity index is 703. The van der Waals surface area contributed by atoms with Gasteiger partial charge in [0, 0.05) is 5.56 Å². The van der Waals surface area contributed by atoms with E-state index in [0.29, 0.717) is 0 Å². The smallest absolute Gasteiger partial charge is 0.153 e. The van der Waals surface area contributed by atoms with Crippen molar-refractivity contribution in [3.05, 3.63) is 60.1 Å². The lowest BCUT2D eigenvalue weighted by atomic mass is 10.0. The summed E-state index contributed by atoms with van der Waals surface area (Å²) in [7, 11) is 0. The van der Waals surface area contributed by atoms with Crippen molar-refractivity contribution >= 4 is 0 Å². The molecule has 3 rings (SSSR count). The van der Waals surface area contributed by atoms with Crippen molar-refractivity contribution in [3.8, 4) is 22.7 Å². The van der Waals surface area contributed by atoms with Gasteiger partial charge in [0.15, 0.2) is 5.76 Å². The second-order valence-electron chi connectivity index (χ2n) is 4.57. The van der Waals surface area contributed by atoms with Crippen molar-refractivity contribution in [2.24, 2.45) is 0 Å². The van der Waals surface area contributed by atoms with E-state index in [1.807, 2.05) is 12.1 Å². The topological polar surface area (TPSA) is 38.9 Å². The summed E-state index contributed by atoms with van der Waals surface area (Å²) in [5, 5.41) is 0.